The minimum Gasteiger partial charge on any atom is -0.0890 e. The van der Waals surface area contributed by atoms with E-state index in [1.165, 1.54) is 0 Å². The van der Waals surface area contributed by atoms with E-state index in [1.54, 1.807) is 0 Å². The van der Waals surface area contributed by atoms with Gasteiger partial charge in [-0.2, -0.15) is 0 Å². The van der Waals surface area contributed by atoms with Gasteiger partial charge in [0.2, 0.25) is 0 Å². The van der Waals surface area contributed by atoms with E-state index in [0.29, 0.717) is 7.81 Å². The summed E-state index contributed by atoms with van der Waals surface area (Å²) >= 11 is 0. The molecule has 0 saturated heterocycles. The Labute approximate surface area is 45.9 Å². The summed E-state index contributed by atoms with van der Waals surface area (Å²) in [6.07, 6.45) is 0. The summed E-state index contributed by atoms with van der Waals surface area (Å²) in [6, 6.07) is 9.76. The second-order valence-corrected chi connectivity index (χ2v) is 1.49. The molecule has 0 aliphatic carbocycles. The molecule has 0 fully saturated rings. The molecule has 0 spiro atoms. The number of hydrogen-bond donors (Lipinski definition) is 0. The molecule has 1 aromatic carbocycles. The highest BCUT2D eigenvalue weighted by Crippen LogP contribution is 1.76. The molecule has 1 heteroatoms. The van der Waals surface area contributed by atoms with Crippen molar-refractivity contribution in [2.24, 2.45) is 0 Å². The summed E-state index contributed by atoms with van der Waals surface area (Å²) < 4.78 is 6.94. The molecule has 0 nitrogen and oxygen atoms in total. The largest absolute Gasteiger partial charge is 0.139 e. The summed E-state index contributed by atoms with van der Waals surface area (Å²) in [6.45, 7) is 0. The number of benzene rings is 1. The van der Waals surface area contributed by atoms with Crippen molar-refractivity contribution in [3.63, 3.8) is 0 Å². The molecule has 7 heavy (non-hydrogen) atoms. The fourth-order valence-electron chi connectivity index (χ4n) is 0.478. The van der Waals surface area contributed by atoms with Crippen LogP contribution < -0.4 is 5.46 Å². The molecule has 34 valence electrons. The molecule has 0 aliphatic heterocycles. The zero-order valence-electron chi connectivity index (χ0n) is 5.09. The Kier molecular flexibility index (Phi) is 0.864. The minimum atomic E-state index is 0.390. The van der Waals surface area contributed by atoms with Gasteiger partial charge in [0.25, 0.3) is 0 Å². The lowest BCUT2D eigenvalue weighted by Crippen LogP contribution is -1.97. The smallest absolute Gasteiger partial charge is 0.0890 e. The van der Waals surface area contributed by atoms with Crippen LogP contribution in [0, 0.1) is 0 Å². The van der Waals surface area contributed by atoms with E-state index in [-0.39, 0.29) is 0 Å². The fraction of sp³-hybridized carbons (Fsp3) is 0. The first-order valence-electron chi connectivity index (χ1n) is 2.97. The van der Waals surface area contributed by atoms with Crippen LogP contribution in [-0.4, -0.2) is 9.15 Å². The van der Waals surface area contributed by atoms with Crippen LogP contribution in [0.5, 0.6) is 0 Å². The van der Waals surface area contributed by atoms with Gasteiger partial charge in [-0.05, 0) is 1.34 Å². The second-order valence-electron chi connectivity index (χ2n) is 1.49. The third-order valence-electron chi connectivity index (χ3n) is 0.843. The molecule has 0 radical (unpaired) electrons. The summed E-state index contributed by atoms with van der Waals surface area (Å²) in [5, 5.41) is 0. The van der Waals surface area contributed by atoms with Crippen molar-refractivity contribution in [2.45, 2.75) is 0 Å². The van der Waals surface area contributed by atoms with E-state index in [9.17, 15) is 0 Å². The van der Waals surface area contributed by atoms with Crippen molar-refractivity contribution >= 4 is 13.3 Å². The monoisotopic (exact) mass is 91.1 g/mol. The molecule has 0 unspecified atom stereocenters. The summed E-state index contributed by atoms with van der Waals surface area (Å²) in [5.41, 5.74) is 1.08. The number of hydrogen-bond acceptors (Lipinski definition) is 0. The second kappa shape index (κ2) is 1.83. The van der Waals surface area contributed by atoms with Gasteiger partial charge in [-0.1, -0.05) is 35.8 Å². The van der Waals surface area contributed by atoms with E-state index < -0.39 is 0 Å². The highest BCUT2D eigenvalue weighted by atomic mass is 13.7. The van der Waals surface area contributed by atoms with Crippen molar-refractivity contribution < 1.29 is 0 Å². The predicted octanol–water partition coefficient (Wildman–Crippen LogP) is -0.0550. The molecule has 0 aliphatic rings. The van der Waals surface area contributed by atoms with Crippen LogP contribution in [0.1, 0.15) is 0 Å². The van der Waals surface area contributed by atoms with E-state index in [4.69, 9.17) is 1.34 Å². The molecule has 0 amide bonds. The SMILES string of the molecule is [2H]Bc1ccccc1. The lowest BCUT2D eigenvalue weighted by Gasteiger charge is -1.82. The molecule has 1 rings (SSSR count). The normalized spacial score (nSPS) is 10.0. The van der Waals surface area contributed by atoms with Crippen LogP contribution >= 0.6 is 0 Å². The standard InChI is InChI=1S/C6H7B/c7-6-4-2-1-3-5-6/h1-5H,7H2/i7D. The quantitative estimate of drug-likeness (QED) is 0.425. The molecule has 0 saturated carbocycles. The average molecular weight is 90.9 g/mol. The van der Waals surface area contributed by atoms with E-state index in [1.807, 2.05) is 30.3 Å². The maximum Gasteiger partial charge on any atom is 0.139 e. The predicted molar refractivity (Wildman–Crippen MR) is 34.6 cm³/mol. The van der Waals surface area contributed by atoms with Crippen molar-refractivity contribution in [3.8, 4) is 0 Å². The summed E-state index contributed by atoms with van der Waals surface area (Å²) in [4.78, 5) is 0. The lowest BCUT2D eigenvalue weighted by atomic mass is 9.97. The van der Waals surface area contributed by atoms with Gasteiger partial charge in [-0.15, -0.1) is 0 Å². The van der Waals surface area contributed by atoms with Crippen LogP contribution in [0.25, 0.3) is 0 Å². The zero-order chi connectivity index (χ0) is 5.82. The molecule has 0 atom stereocenters. The first-order chi connectivity index (χ1) is 3.93. The van der Waals surface area contributed by atoms with Crippen LogP contribution in [-0.2, 0) is 0 Å². The molecular formula is C6H7B. The summed E-state index contributed by atoms with van der Waals surface area (Å²) in [5.74, 6) is 0. The Bertz CT molecular complexity index is 150. The van der Waals surface area contributed by atoms with E-state index in [0.717, 1.165) is 5.46 Å². The first kappa shape index (κ1) is 3.31. The van der Waals surface area contributed by atoms with Gasteiger partial charge >= 0.3 is 0 Å². The maximum absolute atomic E-state index is 6.94. The summed E-state index contributed by atoms with van der Waals surface area (Å²) in [7, 11) is 0.390. The fourth-order valence-corrected chi connectivity index (χ4v) is 0.478. The average Bonchev–Trinajstić information content (AvgIpc) is 1.90. The zero-order valence-corrected chi connectivity index (χ0v) is 4.09. The van der Waals surface area contributed by atoms with Gasteiger partial charge < -0.3 is 0 Å². The van der Waals surface area contributed by atoms with Gasteiger partial charge in [0.05, 0.1) is 0 Å². The minimum absolute atomic E-state index is 0.390. The van der Waals surface area contributed by atoms with Gasteiger partial charge in [-0.25, -0.2) is 0 Å². The van der Waals surface area contributed by atoms with Crippen molar-refractivity contribution in [3.05, 3.63) is 30.3 Å². The Morgan fingerprint density at radius 3 is 2.43 bits per heavy atom. The highest BCUT2D eigenvalue weighted by molar-refractivity contribution is 6.32. The van der Waals surface area contributed by atoms with Crippen LogP contribution in [0.4, 0.5) is 0 Å². The highest BCUT2D eigenvalue weighted by Gasteiger charge is 1.72. The van der Waals surface area contributed by atoms with Gasteiger partial charge in [-0.3, -0.25) is 0 Å². The van der Waals surface area contributed by atoms with Crippen molar-refractivity contribution in [1.29, 1.82) is 1.34 Å². The molecule has 0 heterocycles. The van der Waals surface area contributed by atoms with Gasteiger partial charge in [0.15, 0.2) is 0 Å². The third-order valence-corrected chi connectivity index (χ3v) is 0.843. The van der Waals surface area contributed by atoms with Crippen LogP contribution in [0.15, 0.2) is 30.3 Å². The van der Waals surface area contributed by atoms with Crippen LogP contribution in [0.3, 0.4) is 0 Å². The lowest BCUT2D eigenvalue weighted by molar-refractivity contribution is 1.78. The van der Waals surface area contributed by atoms with E-state index in [2.05, 4.69) is 0 Å². The molecule has 0 N–H and O–H groups in total. The first-order valence-corrected chi connectivity index (χ1v) is 2.26. The Hall–Kier alpha value is -0.715. The van der Waals surface area contributed by atoms with Crippen LogP contribution in [0.2, 0.25) is 0 Å². The molecular weight excluding hydrogens is 82.9 g/mol. The van der Waals surface area contributed by atoms with Gasteiger partial charge in [0, 0.05) is 0 Å². The maximum atomic E-state index is 6.94. The van der Waals surface area contributed by atoms with Crippen molar-refractivity contribution in [2.75, 3.05) is 0 Å². The molecule has 0 bridgehead atoms. The van der Waals surface area contributed by atoms with E-state index >= 15 is 0 Å². The Morgan fingerprint density at radius 1 is 1.29 bits per heavy atom. The van der Waals surface area contributed by atoms with Gasteiger partial charge in [0.1, 0.15) is 7.81 Å². The Balaban J connectivity index is 2.83. The Morgan fingerprint density at radius 2 is 2.00 bits per heavy atom. The molecule has 1 aromatic rings. The van der Waals surface area contributed by atoms with Crippen molar-refractivity contribution in [1.82, 2.24) is 0 Å². The molecule has 0 aromatic heterocycles. The topological polar surface area (TPSA) is 0 Å². The third kappa shape index (κ3) is 1.07. The number of rotatable bonds is 1.